The fourth-order valence-corrected chi connectivity index (χ4v) is 4.73. The zero-order valence-electron chi connectivity index (χ0n) is 19.5. The van der Waals surface area contributed by atoms with Gasteiger partial charge in [0, 0.05) is 6.42 Å². The Hall–Kier alpha value is -2.98. The van der Waals surface area contributed by atoms with Crippen LogP contribution in [-0.4, -0.2) is 15.9 Å². The van der Waals surface area contributed by atoms with Gasteiger partial charge in [-0.3, -0.25) is 4.79 Å². The highest BCUT2D eigenvalue weighted by Gasteiger charge is 2.37. The maximum absolute atomic E-state index is 12.7. The lowest BCUT2D eigenvalue weighted by atomic mass is 9.62. The Morgan fingerprint density at radius 1 is 1.18 bits per heavy atom. The van der Waals surface area contributed by atoms with E-state index in [4.69, 9.17) is 4.42 Å². The first-order valence-electron chi connectivity index (χ1n) is 11.0. The molecule has 0 bridgehead atoms. The predicted octanol–water partition coefficient (Wildman–Crippen LogP) is 6.20. The summed E-state index contributed by atoms with van der Waals surface area (Å²) in [5, 5.41) is 11.9. The van der Waals surface area contributed by atoms with Crippen LogP contribution < -0.4 is 5.32 Å². The minimum atomic E-state index is -0.464. The van der Waals surface area contributed by atoms with Gasteiger partial charge in [0.2, 0.25) is 0 Å². The molecular formula is C26H27BrN4O2. The number of carbonyl (C=O) groups excluding carboxylic acids is 1. The van der Waals surface area contributed by atoms with Crippen LogP contribution in [0.2, 0.25) is 0 Å². The Bertz CT molecular complexity index is 1280. The third kappa shape index (κ3) is 4.58. The average Bonchev–Trinajstić information content (AvgIpc) is 3.21. The molecule has 170 valence electrons. The molecule has 1 aliphatic carbocycles. The van der Waals surface area contributed by atoms with Crippen molar-refractivity contribution in [2.24, 2.45) is 0 Å². The van der Waals surface area contributed by atoms with Gasteiger partial charge in [0.15, 0.2) is 16.3 Å². The number of nitriles is 1. The van der Waals surface area contributed by atoms with Crippen molar-refractivity contribution in [3.63, 3.8) is 0 Å². The van der Waals surface area contributed by atoms with Crippen molar-refractivity contribution in [3.8, 4) is 6.07 Å². The van der Waals surface area contributed by atoms with Crippen LogP contribution >= 0.6 is 15.9 Å². The van der Waals surface area contributed by atoms with E-state index in [2.05, 4.69) is 78.0 Å². The monoisotopic (exact) mass is 506 g/mol. The number of rotatable bonds is 4. The first kappa shape index (κ1) is 23.2. The number of hydrogen-bond donors (Lipinski definition) is 1. The number of aromatic nitrogens is 2. The highest BCUT2D eigenvalue weighted by Crippen LogP contribution is 2.46. The molecule has 6 nitrogen and oxygen atoms in total. The van der Waals surface area contributed by atoms with Crippen molar-refractivity contribution < 1.29 is 9.21 Å². The fourth-order valence-electron chi connectivity index (χ4n) is 4.45. The predicted molar refractivity (Wildman–Crippen MR) is 130 cm³/mol. The van der Waals surface area contributed by atoms with E-state index >= 15 is 0 Å². The molecule has 0 unspecified atom stereocenters. The van der Waals surface area contributed by atoms with E-state index in [-0.39, 0.29) is 32.7 Å². The molecule has 1 aromatic carbocycles. The number of anilines is 1. The van der Waals surface area contributed by atoms with E-state index < -0.39 is 5.91 Å². The van der Waals surface area contributed by atoms with E-state index in [1.165, 1.54) is 34.9 Å². The van der Waals surface area contributed by atoms with E-state index in [1.54, 1.807) is 6.07 Å². The van der Waals surface area contributed by atoms with Crippen molar-refractivity contribution >= 4 is 27.7 Å². The normalized spacial score (nSPS) is 16.0. The second-order valence-electron chi connectivity index (χ2n) is 10.0. The zero-order valence-corrected chi connectivity index (χ0v) is 21.1. The second-order valence-corrected chi connectivity index (χ2v) is 10.7. The molecular weight excluding hydrogens is 480 g/mol. The fraction of sp³-hybridized carbons (Fsp3) is 0.385. The molecule has 3 aromatic rings. The van der Waals surface area contributed by atoms with Gasteiger partial charge in [-0.2, -0.15) is 5.26 Å². The Morgan fingerprint density at radius 2 is 1.85 bits per heavy atom. The molecule has 4 rings (SSSR count). The number of aryl methyl sites for hydroxylation is 1. The van der Waals surface area contributed by atoms with Gasteiger partial charge < -0.3 is 9.73 Å². The van der Waals surface area contributed by atoms with Gasteiger partial charge in [0.1, 0.15) is 17.4 Å². The van der Waals surface area contributed by atoms with Gasteiger partial charge in [-0.15, -0.1) is 0 Å². The van der Waals surface area contributed by atoms with Gasteiger partial charge in [-0.25, -0.2) is 9.97 Å². The second kappa shape index (κ2) is 8.42. The summed E-state index contributed by atoms with van der Waals surface area (Å²) in [7, 11) is 0. The summed E-state index contributed by atoms with van der Waals surface area (Å²) in [5.41, 5.74) is 5.74. The summed E-state index contributed by atoms with van der Waals surface area (Å²) in [4.78, 5) is 20.7. The number of furan rings is 1. The standard InChI is InChI=1S/C26H27BrN4O2/c1-15-10-19-20(26(4,5)9-8-25(19,2)3)12-16(15)11-18-6-7-21(33-18)23(32)30-22-17(13-28)14-29-24(27)31-22/h6-7,10,12,14H,8-9,11H2,1-5H3,(H,29,30,31,32). The average molecular weight is 507 g/mol. The number of benzene rings is 1. The first-order chi connectivity index (χ1) is 15.5. The van der Waals surface area contributed by atoms with Crippen molar-refractivity contribution in [1.29, 1.82) is 5.26 Å². The SMILES string of the molecule is Cc1cc2c(cc1Cc1ccc(C(=O)Nc3nc(Br)ncc3C#N)o1)C(C)(C)CCC2(C)C. The summed E-state index contributed by atoms with van der Waals surface area (Å²) in [5.74, 6) is 0.548. The molecule has 0 spiro atoms. The Labute approximate surface area is 202 Å². The Balaban J connectivity index is 1.58. The number of halogens is 1. The third-order valence-corrected chi connectivity index (χ3v) is 7.05. The molecule has 0 radical (unpaired) electrons. The van der Waals surface area contributed by atoms with Crippen LogP contribution in [0.25, 0.3) is 0 Å². The summed E-state index contributed by atoms with van der Waals surface area (Å²) in [6.07, 6.45) is 4.29. The molecule has 2 heterocycles. The lowest BCUT2D eigenvalue weighted by Gasteiger charge is -2.42. The topological polar surface area (TPSA) is 91.8 Å². The van der Waals surface area contributed by atoms with Crippen molar-refractivity contribution in [2.45, 2.75) is 64.7 Å². The van der Waals surface area contributed by atoms with Crippen molar-refractivity contribution in [3.05, 3.63) is 74.5 Å². The van der Waals surface area contributed by atoms with Crippen LogP contribution in [0.5, 0.6) is 0 Å². The Morgan fingerprint density at radius 3 is 2.52 bits per heavy atom. The van der Waals surface area contributed by atoms with Crippen LogP contribution in [0, 0.1) is 18.3 Å². The molecule has 0 atom stereocenters. The maximum atomic E-state index is 12.7. The molecule has 0 saturated heterocycles. The molecule has 0 aliphatic heterocycles. The molecule has 1 aliphatic rings. The minimum absolute atomic E-state index is 0.131. The first-order valence-corrected chi connectivity index (χ1v) is 11.8. The molecule has 0 fully saturated rings. The summed E-state index contributed by atoms with van der Waals surface area (Å²) >= 11 is 3.15. The highest BCUT2D eigenvalue weighted by molar-refractivity contribution is 9.10. The third-order valence-electron chi connectivity index (χ3n) is 6.67. The molecule has 0 saturated carbocycles. The van der Waals surface area contributed by atoms with Crippen molar-refractivity contribution in [1.82, 2.24) is 9.97 Å². The van der Waals surface area contributed by atoms with Gasteiger partial charge >= 0.3 is 0 Å². The largest absolute Gasteiger partial charge is 0.456 e. The van der Waals surface area contributed by atoms with Crippen LogP contribution in [-0.2, 0) is 17.3 Å². The summed E-state index contributed by atoms with van der Waals surface area (Å²) < 4.78 is 6.15. The number of nitrogens with one attached hydrogen (secondary N) is 1. The van der Waals surface area contributed by atoms with Gasteiger partial charge in [0.25, 0.3) is 5.91 Å². The molecule has 7 heteroatoms. The Kier molecular flexibility index (Phi) is 5.92. The molecule has 2 aromatic heterocycles. The van der Waals surface area contributed by atoms with Crippen LogP contribution in [0.1, 0.15) is 84.7 Å². The maximum Gasteiger partial charge on any atom is 0.292 e. The number of nitrogens with zero attached hydrogens (tertiary/aromatic N) is 3. The van der Waals surface area contributed by atoms with E-state index in [0.717, 1.165) is 6.42 Å². The van der Waals surface area contributed by atoms with E-state index in [1.807, 2.05) is 12.1 Å². The smallest absolute Gasteiger partial charge is 0.292 e. The van der Waals surface area contributed by atoms with Gasteiger partial charge in [-0.05, 0) is 80.9 Å². The summed E-state index contributed by atoms with van der Waals surface area (Å²) in [6.45, 7) is 11.4. The van der Waals surface area contributed by atoms with Crippen molar-refractivity contribution in [2.75, 3.05) is 5.32 Å². The van der Waals surface area contributed by atoms with E-state index in [9.17, 15) is 10.1 Å². The number of fused-ring (bicyclic) bond motifs is 1. The highest BCUT2D eigenvalue weighted by atomic mass is 79.9. The number of carbonyl (C=O) groups is 1. The van der Waals surface area contributed by atoms with Crippen LogP contribution in [0.4, 0.5) is 5.82 Å². The molecule has 33 heavy (non-hydrogen) atoms. The van der Waals surface area contributed by atoms with Crippen LogP contribution in [0.15, 0.2) is 39.6 Å². The van der Waals surface area contributed by atoms with E-state index in [0.29, 0.717) is 12.2 Å². The lowest BCUT2D eigenvalue weighted by molar-refractivity contribution is 0.0994. The van der Waals surface area contributed by atoms with Gasteiger partial charge in [-0.1, -0.05) is 39.8 Å². The number of amides is 1. The zero-order chi connectivity index (χ0) is 24.0. The molecule has 1 N–H and O–H groups in total. The molecule has 1 amide bonds. The lowest BCUT2D eigenvalue weighted by Crippen LogP contribution is -2.34. The van der Waals surface area contributed by atoms with Gasteiger partial charge in [0.05, 0.1) is 6.20 Å². The minimum Gasteiger partial charge on any atom is -0.456 e. The number of hydrogen-bond acceptors (Lipinski definition) is 5. The summed E-state index contributed by atoms with van der Waals surface area (Å²) in [6, 6.07) is 10.1. The quantitative estimate of drug-likeness (QED) is 0.425. The van der Waals surface area contributed by atoms with Crippen LogP contribution in [0.3, 0.4) is 0 Å².